The van der Waals surface area contributed by atoms with Gasteiger partial charge in [-0.15, -0.1) is 0 Å². The molecule has 0 heterocycles. The molecule has 3 N–H and O–H groups in total. The lowest BCUT2D eigenvalue weighted by molar-refractivity contribution is -0.133. The summed E-state index contributed by atoms with van der Waals surface area (Å²) >= 11 is 0. The van der Waals surface area contributed by atoms with Gasteiger partial charge in [0.25, 0.3) is 0 Å². The highest BCUT2D eigenvalue weighted by molar-refractivity contribution is 5.80. The maximum atomic E-state index is 12.7. The van der Waals surface area contributed by atoms with Crippen LogP contribution < -0.4 is 11.1 Å². The Hall–Kier alpha value is -1.35. The summed E-state index contributed by atoms with van der Waals surface area (Å²) in [6, 6.07) is 10.3. The van der Waals surface area contributed by atoms with Gasteiger partial charge in [-0.05, 0) is 36.7 Å². The van der Waals surface area contributed by atoms with Crippen LogP contribution in [0.1, 0.15) is 52.1 Å². The molecule has 0 radical (unpaired) electrons. The molecule has 1 aromatic carbocycles. The van der Waals surface area contributed by atoms with Crippen LogP contribution in [-0.4, -0.2) is 11.9 Å². The molecule has 0 saturated heterocycles. The molecule has 1 saturated carbocycles. The highest BCUT2D eigenvalue weighted by Crippen LogP contribution is 2.44. The number of benzene rings is 1. The number of nitrogens with one attached hydrogen (secondary N) is 1. The second kappa shape index (κ2) is 6.18. The lowest BCUT2D eigenvalue weighted by atomic mass is 9.61. The largest absolute Gasteiger partial charge is 0.349 e. The first kappa shape index (κ1) is 16.0. The third-order valence-corrected chi connectivity index (χ3v) is 5.48. The molecule has 0 aromatic heterocycles. The van der Waals surface area contributed by atoms with Crippen molar-refractivity contribution in [2.24, 2.45) is 23.0 Å². The van der Waals surface area contributed by atoms with Crippen molar-refractivity contribution in [3.05, 3.63) is 35.9 Å². The Balaban J connectivity index is 2.06. The van der Waals surface area contributed by atoms with Gasteiger partial charge >= 0.3 is 0 Å². The van der Waals surface area contributed by atoms with Gasteiger partial charge in [0.15, 0.2) is 0 Å². The predicted molar refractivity (Wildman–Crippen MR) is 86.6 cm³/mol. The fourth-order valence-corrected chi connectivity index (χ4v) is 3.46. The zero-order chi connectivity index (χ0) is 15.6. The van der Waals surface area contributed by atoms with Gasteiger partial charge in [-0.25, -0.2) is 0 Å². The number of carbonyl (C=O) groups excluding carboxylic acids is 1. The van der Waals surface area contributed by atoms with E-state index in [1.165, 1.54) is 0 Å². The zero-order valence-corrected chi connectivity index (χ0v) is 13.6. The molecule has 3 heteroatoms. The molecule has 4 atom stereocenters. The lowest BCUT2D eigenvalue weighted by Gasteiger charge is -2.46. The van der Waals surface area contributed by atoms with Crippen molar-refractivity contribution in [1.82, 2.24) is 5.32 Å². The maximum absolute atomic E-state index is 12.7. The van der Waals surface area contributed by atoms with Gasteiger partial charge in [-0.3, -0.25) is 4.79 Å². The van der Waals surface area contributed by atoms with Crippen LogP contribution in [0.3, 0.4) is 0 Å². The lowest BCUT2D eigenvalue weighted by Crippen LogP contribution is -2.51. The van der Waals surface area contributed by atoms with Crippen molar-refractivity contribution < 1.29 is 4.79 Å². The second-order valence-corrected chi connectivity index (χ2v) is 7.04. The minimum Gasteiger partial charge on any atom is -0.349 e. The fraction of sp³-hybridized carbons (Fsp3) is 0.611. The minimum absolute atomic E-state index is 0.0402. The first-order valence-corrected chi connectivity index (χ1v) is 7.95. The maximum Gasteiger partial charge on any atom is 0.224 e. The number of rotatable bonds is 3. The van der Waals surface area contributed by atoms with E-state index in [9.17, 15) is 4.79 Å². The average Bonchev–Trinajstić information content (AvgIpc) is 2.45. The van der Waals surface area contributed by atoms with E-state index in [1.54, 1.807) is 0 Å². The molecule has 1 fully saturated rings. The number of hydrogen-bond acceptors (Lipinski definition) is 2. The van der Waals surface area contributed by atoms with Crippen molar-refractivity contribution in [3.63, 3.8) is 0 Å². The molecule has 0 aliphatic heterocycles. The molecule has 1 aliphatic carbocycles. The monoisotopic (exact) mass is 288 g/mol. The quantitative estimate of drug-likeness (QED) is 0.897. The van der Waals surface area contributed by atoms with E-state index < -0.39 is 0 Å². The van der Waals surface area contributed by atoms with E-state index in [1.807, 2.05) is 25.1 Å². The topological polar surface area (TPSA) is 55.1 Å². The average molecular weight is 288 g/mol. The van der Waals surface area contributed by atoms with Crippen LogP contribution in [-0.2, 0) is 4.79 Å². The van der Waals surface area contributed by atoms with E-state index in [-0.39, 0.29) is 29.3 Å². The molecule has 3 unspecified atom stereocenters. The molecule has 1 aliphatic rings. The number of carbonyl (C=O) groups is 1. The SMILES string of the molecule is CC1C(N)CCC(C(=O)N[C@@H](C)c2ccccc2)C1(C)C. The molecular weight excluding hydrogens is 260 g/mol. The third-order valence-electron chi connectivity index (χ3n) is 5.48. The van der Waals surface area contributed by atoms with E-state index in [0.29, 0.717) is 5.92 Å². The standard InChI is InChI=1S/C18H28N2O/c1-12-16(19)11-10-15(18(12,3)4)17(21)20-13(2)14-8-6-5-7-9-14/h5-9,12-13,15-16H,10-11,19H2,1-4H3,(H,20,21)/t12?,13-,15?,16?/m0/s1. The first-order chi connectivity index (χ1) is 9.84. The number of amides is 1. The summed E-state index contributed by atoms with van der Waals surface area (Å²) in [5.74, 6) is 0.558. The smallest absolute Gasteiger partial charge is 0.224 e. The van der Waals surface area contributed by atoms with Crippen molar-refractivity contribution >= 4 is 5.91 Å². The van der Waals surface area contributed by atoms with Crippen molar-refractivity contribution in [2.45, 2.75) is 52.6 Å². The highest BCUT2D eigenvalue weighted by atomic mass is 16.2. The van der Waals surface area contributed by atoms with Crippen LogP contribution in [0, 0.1) is 17.3 Å². The normalized spacial score (nSPS) is 29.7. The van der Waals surface area contributed by atoms with Gasteiger partial charge < -0.3 is 11.1 Å². The van der Waals surface area contributed by atoms with Gasteiger partial charge in [0.1, 0.15) is 0 Å². The Bertz CT molecular complexity index is 483. The van der Waals surface area contributed by atoms with Gasteiger partial charge in [-0.1, -0.05) is 51.1 Å². The summed E-state index contributed by atoms with van der Waals surface area (Å²) in [6.45, 7) is 8.56. The predicted octanol–water partition coefficient (Wildman–Crippen LogP) is 3.26. The molecule has 0 spiro atoms. The Kier molecular flexibility index (Phi) is 4.72. The molecule has 116 valence electrons. The van der Waals surface area contributed by atoms with E-state index in [0.717, 1.165) is 18.4 Å². The molecule has 3 nitrogen and oxygen atoms in total. The molecule has 2 rings (SSSR count). The summed E-state index contributed by atoms with van der Waals surface area (Å²) in [5, 5.41) is 3.18. The van der Waals surface area contributed by atoms with Gasteiger partial charge in [0.05, 0.1) is 6.04 Å². The third kappa shape index (κ3) is 3.29. The minimum atomic E-state index is -0.0574. The van der Waals surface area contributed by atoms with Crippen LogP contribution in [0.2, 0.25) is 0 Å². The van der Waals surface area contributed by atoms with Crippen LogP contribution in [0.4, 0.5) is 0 Å². The summed E-state index contributed by atoms with van der Waals surface area (Å²) in [7, 11) is 0. The Labute approximate surface area is 128 Å². The van der Waals surface area contributed by atoms with Crippen LogP contribution in [0.25, 0.3) is 0 Å². The first-order valence-electron chi connectivity index (χ1n) is 7.95. The summed E-state index contributed by atoms with van der Waals surface area (Å²) in [5.41, 5.74) is 7.26. The fourth-order valence-electron chi connectivity index (χ4n) is 3.46. The second-order valence-electron chi connectivity index (χ2n) is 7.04. The molecular formula is C18H28N2O. The molecule has 21 heavy (non-hydrogen) atoms. The highest BCUT2D eigenvalue weighted by Gasteiger charge is 2.45. The summed E-state index contributed by atoms with van der Waals surface area (Å²) in [6.07, 6.45) is 1.81. The molecule has 0 bridgehead atoms. The van der Waals surface area contributed by atoms with E-state index >= 15 is 0 Å². The number of hydrogen-bond donors (Lipinski definition) is 2. The van der Waals surface area contributed by atoms with Crippen molar-refractivity contribution in [1.29, 1.82) is 0 Å². The van der Waals surface area contributed by atoms with Crippen molar-refractivity contribution in [2.75, 3.05) is 0 Å². The van der Waals surface area contributed by atoms with Gasteiger partial charge in [0, 0.05) is 12.0 Å². The Morgan fingerprint density at radius 3 is 2.52 bits per heavy atom. The number of nitrogens with two attached hydrogens (primary N) is 1. The molecule has 1 aromatic rings. The van der Waals surface area contributed by atoms with Crippen molar-refractivity contribution in [3.8, 4) is 0 Å². The molecule has 1 amide bonds. The van der Waals surface area contributed by atoms with Gasteiger partial charge in [0.2, 0.25) is 5.91 Å². The van der Waals surface area contributed by atoms with E-state index in [2.05, 4.69) is 38.2 Å². The van der Waals surface area contributed by atoms with Crippen LogP contribution in [0.15, 0.2) is 30.3 Å². The van der Waals surface area contributed by atoms with Gasteiger partial charge in [-0.2, -0.15) is 0 Å². The van der Waals surface area contributed by atoms with Crippen LogP contribution >= 0.6 is 0 Å². The zero-order valence-electron chi connectivity index (χ0n) is 13.6. The van der Waals surface area contributed by atoms with Crippen LogP contribution in [0.5, 0.6) is 0 Å². The Morgan fingerprint density at radius 1 is 1.29 bits per heavy atom. The summed E-state index contributed by atoms with van der Waals surface area (Å²) < 4.78 is 0. The van der Waals surface area contributed by atoms with E-state index in [4.69, 9.17) is 5.73 Å². The summed E-state index contributed by atoms with van der Waals surface area (Å²) in [4.78, 5) is 12.7. The Morgan fingerprint density at radius 2 is 1.90 bits per heavy atom.